The minimum absolute atomic E-state index is 0.0949. The largest absolute Gasteiger partial charge is 0.354 e. The molecule has 0 aliphatic rings. The van der Waals surface area contributed by atoms with Crippen LogP contribution in [0.5, 0.6) is 0 Å². The topological polar surface area (TPSA) is 90.0 Å². The Hall–Kier alpha value is -3.76. The van der Waals surface area contributed by atoms with Crippen molar-refractivity contribution in [2.75, 3.05) is 31.5 Å². The van der Waals surface area contributed by atoms with E-state index in [0.717, 1.165) is 44.7 Å². The zero-order chi connectivity index (χ0) is 29.1. The first-order valence-electron chi connectivity index (χ1n) is 13.2. The quantitative estimate of drug-likeness (QED) is 0.298. The van der Waals surface area contributed by atoms with Crippen LogP contribution in [0.25, 0.3) is 0 Å². The van der Waals surface area contributed by atoms with E-state index in [0.29, 0.717) is 6.54 Å². The summed E-state index contributed by atoms with van der Waals surface area (Å²) >= 11 is 0. The van der Waals surface area contributed by atoms with Crippen LogP contribution >= 0.6 is 0 Å². The minimum Gasteiger partial charge on any atom is -0.354 e. The lowest BCUT2D eigenvalue weighted by Gasteiger charge is -2.34. The monoisotopic (exact) mass is 568 g/mol. The molecule has 8 nitrogen and oxygen atoms in total. The molecule has 1 atom stereocenters. The van der Waals surface area contributed by atoms with E-state index >= 15 is 0 Å². The molecule has 0 aliphatic carbocycles. The predicted molar refractivity (Wildman–Crippen MR) is 155 cm³/mol. The Kier molecular flexibility index (Phi) is 11.2. The molecule has 0 fully saturated rings. The van der Waals surface area contributed by atoms with Gasteiger partial charge in [0.25, 0.3) is 0 Å². The van der Waals surface area contributed by atoms with Crippen molar-refractivity contribution >= 4 is 27.7 Å². The van der Waals surface area contributed by atoms with Crippen LogP contribution in [0.15, 0.2) is 84.9 Å². The van der Waals surface area contributed by atoms with Crippen LogP contribution in [-0.4, -0.2) is 62.7 Å². The number of amides is 2. The molecular weight excluding hydrogens is 531 g/mol. The molecule has 40 heavy (non-hydrogen) atoms. The van der Waals surface area contributed by atoms with Crippen molar-refractivity contribution in [3.63, 3.8) is 0 Å². The second-order valence-corrected chi connectivity index (χ2v) is 11.7. The smallest absolute Gasteiger partial charge is 0.304 e. The van der Waals surface area contributed by atoms with Crippen molar-refractivity contribution in [3.05, 3.63) is 102 Å². The molecule has 3 rings (SSSR count). The number of unbranched alkanes of at least 4 members (excludes halogenated alkanes) is 1. The first kappa shape index (κ1) is 30.8. The summed E-state index contributed by atoms with van der Waals surface area (Å²) in [6.45, 7) is 2.00. The number of carbonyl (C=O) groups excluding carboxylic acids is 2. The van der Waals surface area contributed by atoms with Gasteiger partial charge in [0, 0.05) is 33.6 Å². The molecule has 2 amide bonds. The van der Waals surface area contributed by atoms with Crippen LogP contribution in [0.4, 0.5) is 10.1 Å². The van der Waals surface area contributed by atoms with Crippen LogP contribution in [-0.2, 0) is 32.8 Å². The lowest BCUT2D eigenvalue weighted by molar-refractivity contribution is -0.140. The lowest BCUT2D eigenvalue weighted by Crippen LogP contribution is -2.54. The fourth-order valence-corrected chi connectivity index (χ4v) is 5.22. The van der Waals surface area contributed by atoms with Gasteiger partial charge in [-0.2, -0.15) is 12.7 Å². The molecule has 10 heteroatoms. The Balaban J connectivity index is 2.04. The summed E-state index contributed by atoms with van der Waals surface area (Å²) in [6.07, 6.45) is 1.93. The van der Waals surface area contributed by atoms with Crippen molar-refractivity contribution in [1.82, 2.24) is 14.5 Å². The predicted octanol–water partition coefficient (Wildman–Crippen LogP) is 3.99. The second kappa shape index (κ2) is 14.6. The Morgan fingerprint density at radius 2 is 1.45 bits per heavy atom. The third-order valence-electron chi connectivity index (χ3n) is 6.43. The number of hydrogen-bond acceptors (Lipinski definition) is 4. The number of carbonyl (C=O) groups is 2. The number of benzene rings is 3. The zero-order valence-electron chi connectivity index (χ0n) is 23.2. The Morgan fingerprint density at radius 3 is 2.00 bits per heavy atom. The summed E-state index contributed by atoms with van der Waals surface area (Å²) in [5, 5.41) is 2.95. The van der Waals surface area contributed by atoms with Crippen molar-refractivity contribution in [1.29, 1.82) is 0 Å². The molecule has 214 valence electrons. The van der Waals surface area contributed by atoms with Crippen molar-refractivity contribution < 1.29 is 22.4 Å². The molecule has 0 radical (unpaired) electrons. The first-order chi connectivity index (χ1) is 19.1. The van der Waals surface area contributed by atoms with Gasteiger partial charge in [0.05, 0.1) is 5.69 Å². The normalized spacial score (nSPS) is 12.1. The van der Waals surface area contributed by atoms with Gasteiger partial charge in [-0.3, -0.25) is 9.59 Å². The van der Waals surface area contributed by atoms with Crippen molar-refractivity contribution in [3.8, 4) is 0 Å². The number of anilines is 1. The van der Waals surface area contributed by atoms with Crippen LogP contribution in [0, 0.1) is 5.82 Å². The van der Waals surface area contributed by atoms with Crippen LogP contribution in [0.2, 0.25) is 0 Å². The highest BCUT2D eigenvalue weighted by molar-refractivity contribution is 7.90. The molecule has 0 aliphatic heterocycles. The van der Waals surface area contributed by atoms with Gasteiger partial charge in [-0.1, -0.05) is 74.0 Å². The number of nitrogens with zero attached hydrogens (tertiary/aromatic N) is 3. The summed E-state index contributed by atoms with van der Waals surface area (Å²) in [5.74, 6) is -1.41. The molecule has 0 bridgehead atoms. The van der Waals surface area contributed by atoms with Gasteiger partial charge in [0.1, 0.15) is 18.4 Å². The minimum atomic E-state index is -4.13. The second-order valence-electron chi connectivity index (χ2n) is 9.63. The molecule has 0 saturated heterocycles. The van der Waals surface area contributed by atoms with Crippen LogP contribution in [0.1, 0.15) is 30.9 Å². The van der Waals surface area contributed by atoms with E-state index in [1.54, 1.807) is 0 Å². The average Bonchev–Trinajstić information content (AvgIpc) is 2.95. The summed E-state index contributed by atoms with van der Waals surface area (Å²) in [5.41, 5.74) is 1.79. The fraction of sp³-hybridized carbons (Fsp3) is 0.333. The number of hydrogen-bond donors (Lipinski definition) is 1. The first-order valence-corrected chi connectivity index (χ1v) is 14.6. The third-order valence-corrected chi connectivity index (χ3v) is 8.25. The summed E-state index contributed by atoms with van der Waals surface area (Å²) in [7, 11) is -1.42. The van der Waals surface area contributed by atoms with E-state index < -0.39 is 34.5 Å². The van der Waals surface area contributed by atoms with Gasteiger partial charge < -0.3 is 10.2 Å². The summed E-state index contributed by atoms with van der Waals surface area (Å²) in [6, 6.07) is 22.6. The Morgan fingerprint density at radius 1 is 0.875 bits per heavy atom. The van der Waals surface area contributed by atoms with Crippen molar-refractivity contribution in [2.45, 2.75) is 38.8 Å². The highest BCUT2D eigenvalue weighted by Crippen LogP contribution is 2.22. The standard InChI is InChI=1S/C30H37FN4O4S/c1-4-5-20-32-30(37)28(21-24-12-8-6-9-13-24)34(22-25-14-10-7-11-15-25)29(36)23-35(40(38,39)33(2)3)27-18-16-26(31)17-19-27/h6-19,28H,4-5,20-23H2,1-3H3,(H,32,37)/t28-/m0/s1. The maximum atomic E-state index is 14.1. The Bertz CT molecular complexity index is 1340. The van der Waals surface area contributed by atoms with Gasteiger partial charge in [-0.05, 0) is 41.8 Å². The van der Waals surface area contributed by atoms with E-state index in [1.807, 2.05) is 67.6 Å². The number of nitrogens with one attached hydrogen (secondary N) is 1. The Labute approximate surface area is 236 Å². The van der Waals surface area contributed by atoms with Crippen molar-refractivity contribution in [2.24, 2.45) is 0 Å². The zero-order valence-corrected chi connectivity index (χ0v) is 24.0. The average molecular weight is 569 g/mol. The lowest BCUT2D eigenvalue weighted by atomic mass is 10.0. The molecule has 0 saturated carbocycles. The molecule has 1 N–H and O–H groups in total. The van der Waals surface area contributed by atoms with Crippen LogP contribution < -0.4 is 9.62 Å². The third kappa shape index (κ3) is 8.37. The molecule has 0 unspecified atom stereocenters. The van der Waals surface area contributed by atoms with Gasteiger partial charge in [-0.25, -0.2) is 8.70 Å². The summed E-state index contributed by atoms with van der Waals surface area (Å²) < 4.78 is 42.2. The van der Waals surface area contributed by atoms with Gasteiger partial charge >= 0.3 is 10.2 Å². The number of rotatable bonds is 14. The summed E-state index contributed by atoms with van der Waals surface area (Å²) in [4.78, 5) is 29.1. The van der Waals surface area contributed by atoms with Crippen LogP contribution in [0.3, 0.4) is 0 Å². The molecular formula is C30H37FN4O4S. The van der Waals surface area contributed by atoms with E-state index in [4.69, 9.17) is 0 Å². The van der Waals surface area contributed by atoms with E-state index in [1.165, 1.54) is 31.1 Å². The molecule has 0 heterocycles. The van der Waals surface area contributed by atoms with Gasteiger partial charge in [-0.15, -0.1) is 0 Å². The van der Waals surface area contributed by atoms with E-state index in [9.17, 15) is 22.4 Å². The highest BCUT2D eigenvalue weighted by Gasteiger charge is 2.34. The molecule has 0 aromatic heterocycles. The van der Waals surface area contributed by atoms with E-state index in [-0.39, 0.29) is 24.6 Å². The maximum Gasteiger partial charge on any atom is 0.304 e. The molecule has 3 aromatic rings. The van der Waals surface area contributed by atoms with Gasteiger partial charge in [0.15, 0.2) is 0 Å². The van der Waals surface area contributed by atoms with Gasteiger partial charge in [0.2, 0.25) is 11.8 Å². The number of halogens is 1. The molecule has 0 spiro atoms. The SMILES string of the molecule is CCCCNC(=O)[C@H](Cc1ccccc1)N(Cc1ccccc1)C(=O)CN(c1ccc(F)cc1)S(=O)(=O)N(C)C. The fourth-order valence-electron chi connectivity index (χ4n) is 4.16. The maximum absolute atomic E-state index is 14.1. The van der Waals surface area contributed by atoms with E-state index in [2.05, 4.69) is 5.32 Å². The molecule has 3 aromatic carbocycles. The highest BCUT2D eigenvalue weighted by atomic mass is 32.2.